The number of hydrogen-bond acceptors (Lipinski definition) is 7. The topological polar surface area (TPSA) is 105 Å². The van der Waals surface area contributed by atoms with Gasteiger partial charge in [-0.15, -0.1) is 16.4 Å². The molecule has 1 aliphatic rings. The first-order chi connectivity index (χ1) is 14.4. The van der Waals surface area contributed by atoms with Crippen molar-refractivity contribution in [3.63, 3.8) is 0 Å². The highest BCUT2D eigenvalue weighted by molar-refractivity contribution is 7.91. The van der Waals surface area contributed by atoms with Gasteiger partial charge in [0.2, 0.25) is 5.91 Å². The van der Waals surface area contributed by atoms with Gasteiger partial charge in [0.1, 0.15) is 10.3 Å². The standard InChI is InChI=1S/C18H16Cl2N4O4S2/c19-12-6-2-1-5-11(12)17-22-23-18(28-17)21-16(25)13-7-3-4-10-24(13)30(26,27)15-9-8-14(20)29-15/h1-2,5-6,8-9,13H,3-4,7,10H2,(H,21,23,25). The maximum Gasteiger partial charge on any atom is 0.322 e. The van der Waals surface area contributed by atoms with Crippen molar-refractivity contribution in [1.29, 1.82) is 0 Å². The smallest absolute Gasteiger partial charge is 0.322 e. The molecule has 2 aromatic heterocycles. The van der Waals surface area contributed by atoms with Gasteiger partial charge in [-0.1, -0.05) is 46.9 Å². The van der Waals surface area contributed by atoms with Crippen LogP contribution < -0.4 is 5.32 Å². The largest absolute Gasteiger partial charge is 0.403 e. The van der Waals surface area contributed by atoms with Gasteiger partial charge in [0.25, 0.3) is 15.9 Å². The van der Waals surface area contributed by atoms with Crippen LogP contribution in [0, 0.1) is 0 Å². The fourth-order valence-corrected chi connectivity index (χ4v) is 6.70. The van der Waals surface area contributed by atoms with Crippen molar-refractivity contribution in [2.24, 2.45) is 0 Å². The average Bonchev–Trinajstić information content (AvgIpc) is 3.38. The second-order valence-corrected chi connectivity index (χ2v) is 10.8. The molecule has 3 aromatic rings. The Bertz CT molecular complexity index is 1180. The van der Waals surface area contributed by atoms with Gasteiger partial charge in [0.05, 0.1) is 14.9 Å². The number of rotatable bonds is 5. The van der Waals surface area contributed by atoms with Crippen molar-refractivity contribution in [3.8, 4) is 11.5 Å². The number of amides is 1. The molecule has 8 nitrogen and oxygen atoms in total. The van der Waals surface area contributed by atoms with Crippen LogP contribution in [0.1, 0.15) is 19.3 Å². The van der Waals surface area contributed by atoms with Gasteiger partial charge in [-0.2, -0.15) is 4.31 Å². The second-order valence-electron chi connectivity index (χ2n) is 6.57. The Balaban J connectivity index is 1.54. The number of hydrogen-bond donors (Lipinski definition) is 1. The fraction of sp³-hybridized carbons (Fsp3) is 0.278. The molecule has 30 heavy (non-hydrogen) atoms. The third-order valence-corrected chi connectivity index (χ3v) is 8.56. The Kier molecular flexibility index (Phi) is 6.12. The zero-order valence-corrected chi connectivity index (χ0v) is 18.6. The second kappa shape index (κ2) is 8.64. The van der Waals surface area contributed by atoms with Crippen molar-refractivity contribution >= 4 is 56.5 Å². The summed E-state index contributed by atoms with van der Waals surface area (Å²) in [5.74, 6) is -0.382. The Labute approximate surface area is 186 Å². The molecule has 3 heterocycles. The molecule has 4 rings (SSSR count). The van der Waals surface area contributed by atoms with Crippen molar-refractivity contribution in [2.45, 2.75) is 29.5 Å². The number of carbonyl (C=O) groups is 1. The van der Waals surface area contributed by atoms with Gasteiger partial charge in [0.15, 0.2) is 0 Å². The highest BCUT2D eigenvalue weighted by Gasteiger charge is 2.38. The van der Waals surface area contributed by atoms with E-state index in [1.165, 1.54) is 16.4 Å². The van der Waals surface area contributed by atoms with Gasteiger partial charge in [-0.05, 0) is 37.1 Å². The number of nitrogens with one attached hydrogen (secondary N) is 1. The minimum Gasteiger partial charge on any atom is -0.403 e. The molecule has 1 fully saturated rings. The molecule has 1 amide bonds. The quantitative estimate of drug-likeness (QED) is 0.576. The number of benzene rings is 1. The minimum absolute atomic E-state index is 0.103. The number of sulfonamides is 1. The number of nitrogens with zero attached hydrogens (tertiary/aromatic N) is 3. The lowest BCUT2D eigenvalue weighted by Crippen LogP contribution is -2.49. The minimum atomic E-state index is -3.85. The summed E-state index contributed by atoms with van der Waals surface area (Å²) in [4.78, 5) is 12.9. The van der Waals surface area contributed by atoms with Crippen LogP contribution in [0.3, 0.4) is 0 Å². The molecule has 1 unspecified atom stereocenters. The summed E-state index contributed by atoms with van der Waals surface area (Å²) in [6, 6.07) is 8.88. The lowest BCUT2D eigenvalue weighted by Gasteiger charge is -2.32. The van der Waals surface area contributed by atoms with E-state index in [0.717, 1.165) is 17.8 Å². The van der Waals surface area contributed by atoms with Crippen molar-refractivity contribution < 1.29 is 17.6 Å². The summed E-state index contributed by atoms with van der Waals surface area (Å²) in [6.07, 6.45) is 1.78. The average molecular weight is 487 g/mol. The van der Waals surface area contributed by atoms with Crippen LogP contribution in [0.2, 0.25) is 9.36 Å². The van der Waals surface area contributed by atoms with Crippen molar-refractivity contribution in [1.82, 2.24) is 14.5 Å². The number of anilines is 1. The predicted molar refractivity (Wildman–Crippen MR) is 114 cm³/mol. The molecule has 1 aromatic carbocycles. The molecule has 12 heteroatoms. The van der Waals surface area contributed by atoms with Gasteiger partial charge >= 0.3 is 6.01 Å². The number of halogens is 2. The molecule has 1 aliphatic heterocycles. The highest BCUT2D eigenvalue weighted by Crippen LogP contribution is 2.32. The van der Waals surface area contributed by atoms with Crippen LogP contribution in [-0.4, -0.2) is 41.4 Å². The SMILES string of the molecule is O=C(Nc1nnc(-c2ccccc2Cl)o1)C1CCCCN1S(=O)(=O)c1ccc(Cl)s1. The molecule has 158 valence electrons. The summed E-state index contributed by atoms with van der Waals surface area (Å²) in [5.41, 5.74) is 0.531. The van der Waals surface area contributed by atoms with E-state index in [9.17, 15) is 13.2 Å². The summed E-state index contributed by atoms with van der Waals surface area (Å²) >= 11 is 13.0. The van der Waals surface area contributed by atoms with Crippen LogP contribution in [0.5, 0.6) is 0 Å². The van der Waals surface area contributed by atoms with Crippen LogP contribution >= 0.6 is 34.5 Å². The number of piperidine rings is 1. The predicted octanol–water partition coefficient (Wildman–Crippen LogP) is 4.29. The molecule has 0 radical (unpaired) electrons. The molecule has 0 saturated carbocycles. The third kappa shape index (κ3) is 4.23. The van der Waals surface area contributed by atoms with E-state index >= 15 is 0 Å². The summed E-state index contributed by atoms with van der Waals surface area (Å²) < 4.78 is 33.2. The molecule has 1 atom stereocenters. The zero-order valence-electron chi connectivity index (χ0n) is 15.4. The number of thiophene rings is 1. The molecule has 1 saturated heterocycles. The molecule has 1 N–H and O–H groups in total. The molecular formula is C18H16Cl2N4O4S2. The maximum absolute atomic E-state index is 13.0. The van der Waals surface area contributed by atoms with E-state index in [1.807, 2.05) is 0 Å². The lowest BCUT2D eigenvalue weighted by atomic mass is 10.0. The van der Waals surface area contributed by atoms with Gasteiger partial charge < -0.3 is 4.42 Å². The van der Waals surface area contributed by atoms with E-state index in [1.54, 1.807) is 24.3 Å². The van der Waals surface area contributed by atoms with Crippen LogP contribution in [-0.2, 0) is 14.8 Å². The third-order valence-electron chi connectivity index (χ3n) is 4.63. The molecular weight excluding hydrogens is 471 g/mol. The normalized spacial score (nSPS) is 17.7. The first kappa shape index (κ1) is 21.3. The van der Waals surface area contributed by atoms with Crippen LogP contribution in [0.25, 0.3) is 11.5 Å². The summed E-state index contributed by atoms with van der Waals surface area (Å²) in [5, 5.41) is 10.7. The Morgan fingerprint density at radius 1 is 1.17 bits per heavy atom. The fourth-order valence-electron chi connectivity index (χ4n) is 3.21. The van der Waals surface area contributed by atoms with E-state index in [-0.39, 0.29) is 22.7 Å². The lowest BCUT2D eigenvalue weighted by molar-refractivity contribution is -0.120. The monoisotopic (exact) mass is 486 g/mol. The highest BCUT2D eigenvalue weighted by atomic mass is 35.5. The summed E-state index contributed by atoms with van der Waals surface area (Å²) in [7, 11) is -3.85. The van der Waals surface area contributed by atoms with E-state index in [0.29, 0.717) is 27.8 Å². The number of aromatic nitrogens is 2. The maximum atomic E-state index is 13.0. The molecule has 0 aliphatic carbocycles. The van der Waals surface area contributed by atoms with E-state index < -0.39 is 22.0 Å². The molecule has 0 bridgehead atoms. The van der Waals surface area contributed by atoms with Gasteiger partial charge in [-0.25, -0.2) is 8.42 Å². The Morgan fingerprint density at radius 3 is 2.70 bits per heavy atom. The van der Waals surface area contributed by atoms with E-state index in [2.05, 4.69) is 15.5 Å². The van der Waals surface area contributed by atoms with Gasteiger partial charge in [0, 0.05) is 6.54 Å². The van der Waals surface area contributed by atoms with Gasteiger partial charge in [-0.3, -0.25) is 10.1 Å². The Morgan fingerprint density at radius 2 is 1.97 bits per heavy atom. The summed E-state index contributed by atoms with van der Waals surface area (Å²) in [6.45, 7) is 0.241. The van der Waals surface area contributed by atoms with Crippen LogP contribution in [0.15, 0.2) is 45.0 Å². The van der Waals surface area contributed by atoms with Crippen molar-refractivity contribution in [2.75, 3.05) is 11.9 Å². The zero-order chi connectivity index (χ0) is 21.3. The first-order valence-corrected chi connectivity index (χ1v) is 12.0. The first-order valence-electron chi connectivity index (χ1n) is 9.03. The van der Waals surface area contributed by atoms with Crippen LogP contribution in [0.4, 0.5) is 6.01 Å². The number of carbonyl (C=O) groups excluding carboxylic acids is 1. The van der Waals surface area contributed by atoms with Crippen molar-refractivity contribution in [3.05, 3.63) is 45.8 Å². The Hall–Kier alpha value is -1.98. The molecule has 0 spiro atoms. The van der Waals surface area contributed by atoms with E-state index in [4.69, 9.17) is 27.6 Å².